The van der Waals surface area contributed by atoms with Crippen LogP contribution in [-0.4, -0.2) is 27.5 Å². The lowest BCUT2D eigenvalue weighted by Gasteiger charge is -2.35. The number of amides is 1. The van der Waals surface area contributed by atoms with E-state index >= 15 is 0 Å². The number of nitrogens with zero attached hydrogens (tertiary/aromatic N) is 2. The molecule has 1 saturated heterocycles. The van der Waals surface area contributed by atoms with Gasteiger partial charge in [0, 0.05) is 12.6 Å². The first kappa shape index (κ1) is 13.6. The molecule has 6 heteroatoms. The van der Waals surface area contributed by atoms with E-state index < -0.39 is 5.63 Å². The summed E-state index contributed by atoms with van der Waals surface area (Å²) < 4.78 is 4.80. The molecule has 0 bridgehead atoms. The molecular weight excluding hydrogens is 270 g/mol. The van der Waals surface area contributed by atoms with Crippen molar-refractivity contribution in [1.29, 1.82) is 0 Å². The van der Waals surface area contributed by atoms with Crippen LogP contribution in [-0.2, 0) is 0 Å². The largest absolute Gasteiger partial charge is 0.430 e. The van der Waals surface area contributed by atoms with Crippen LogP contribution < -0.4 is 5.63 Å². The molecular formula is C15H17N3O3. The second-order valence-corrected chi connectivity index (χ2v) is 5.32. The van der Waals surface area contributed by atoms with Gasteiger partial charge in [0.1, 0.15) is 6.26 Å². The van der Waals surface area contributed by atoms with E-state index in [1.54, 1.807) is 6.20 Å². The topological polar surface area (TPSA) is 79.2 Å². The van der Waals surface area contributed by atoms with Gasteiger partial charge in [0.25, 0.3) is 5.91 Å². The number of aromatic amines is 1. The van der Waals surface area contributed by atoms with Gasteiger partial charge in [-0.3, -0.25) is 9.89 Å². The molecule has 0 aromatic carbocycles. The van der Waals surface area contributed by atoms with E-state index in [0.29, 0.717) is 12.1 Å². The Labute approximate surface area is 121 Å². The molecule has 6 nitrogen and oxygen atoms in total. The Morgan fingerprint density at radius 3 is 2.95 bits per heavy atom. The number of hydrogen-bond acceptors (Lipinski definition) is 4. The number of H-pyrrole nitrogens is 1. The van der Waals surface area contributed by atoms with Gasteiger partial charge in [-0.15, -0.1) is 0 Å². The van der Waals surface area contributed by atoms with Gasteiger partial charge in [0.05, 0.1) is 23.5 Å². The van der Waals surface area contributed by atoms with Crippen LogP contribution in [0.15, 0.2) is 33.8 Å². The number of aryl methyl sites for hydroxylation is 1. The fourth-order valence-corrected chi connectivity index (χ4v) is 2.81. The number of likely N-dealkylation sites (tertiary alicyclic amines) is 1. The van der Waals surface area contributed by atoms with Crippen molar-refractivity contribution in [3.05, 3.63) is 51.8 Å². The lowest BCUT2D eigenvalue weighted by molar-refractivity contribution is 0.0602. The predicted molar refractivity (Wildman–Crippen MR) is 75.9 cm³/mol. The smallest absolute Gasteiger partial charge is 0.335 e. The minimum absolute atomic E-state index is 0.000628. The minimum atomic E-state index is -0.453. The normalized spacial score (nSPS) is 18.7. The molecule has 21 heavy (non-hydrogen) atoms. The molecule has 1 atom stereocenters. The number of rotatable bonds is 2. The monoisotopic (exact) mass is 287 g/mol. The number of nitrogens with one attached hydrogen (secondary N) is 1. The third-order valence-electron chi connectivity index (χ3n) is 3.91. The van der Waals surface area contributed by atoms with Crippen molar-refractivity contribution in [3.8, 4) is 0 Å². The average molecular weight is 287 g/mol. The Morgan fingerprint density at radius 1 is 1.43 bits per heavy atom. The minimum Gasteiger partial charge on any atom is -0.430 e. The molecule has 3 rings (SSSR count). The standard InChI is InChI=1S/C15H17N3O3/c1-10-8-16-17-14(10)12-4-2-3-7-18(12)15(20)11-5-6-13(19)21-9-11/h5-6,8-9,12H,2-4,7H2,1H3,(H,16,17)/t12-/m1/s1. The zero-order valence-electron chi connectivity index (χ0n) is 11.8. The zero-order valence-corrected chi connectivity index (χ0v) is 11.8. The maximum Gasteiger partial charge on any atom is 0.335 e. The fraction of sp³-hybridized carbons (Fsp3) is 0.400. The van der Waals surface area contributed by atoms with Gasteiger partial charge in [-0.25, -0.2) is 4.79 Å². The molecule has 1 aliphatic heterocycles. The van der Waals surface area contributed by atoms with E-state index in [1.165, 1.54) is 18.4 Å². The van der Waals surface area contributed by atoms with E-state index in [1.807, 2.05) is 11.8 Å². The quantitative estimate of drug-likeness (QED) is 0.916. The van der Waals surface area contributed by atoms with Crippen LogP contribution >= 0.6 is 0 Å². The number of piperidine rings is 1. The van der Waals surface area contributed by atoms with Gasteiger partial charge >= 0.3 is 5.63 Å². The Balaban J connectivity index is 1.91. The summed E-state index contributed by atoms with van der Waals surface area (Å²) >= 11 is 0. The maximum atomic E-state index is 12.7. The highest BCUT2D eigenvalue weighted by molar-refractivity contribution is 5.94. The van der Waals surface area contributed by atoms with Crippen LogP contribution in [0.5, 0.6) is 0 Å². The Bertz CT molecular complexity index is 684. The van der Waals surface area contributed by atoms with Crippen LogP contribution in [0.1, 0.15) is 46.9 Å². The first-order valence-electron chi connectivity index (χ1n) is 7.06. The number of carbonyl (C=O) groups is 1. The molecule has 0 saturated carbocycles. The van der Waals surface area contributed by atoms with Crippen LogP contribution in [0, 0.1) is 6.92 Å². The average Bonchev–Trinajstić information content (AvgIpc) is 2.93. The molecule has 0 radical (unpaired) electrons. The van der Waals surface area contributed by atoms with Crippen molar-refractivity contribution in [2.24, 2.45) is 0 Å². The summed E-state index contributed by atoms with van der Waals surface area (Å²) in [6, 6.07) is 2.79. The summed E-state index contributed by atoms with van der Waals surface area (Å²) in [5.74, 6) is -0.113. The van der Waals surface area contributed by atoms with Crippen LogP contribution in [0.2, 0.25) is 0 Å². The Kier molecular flexibility index (Phi) is 3.60. The van der Waals surface area contributed by atoms with Gasteiger partial charge < -0.3 is 9.32 Å². The number of hydrogen-bond donors (Lipinski definition) is 1. The molecule has 2 aromatic rings. The summed E-state index contributed by atoms with van der Waals surface area (Å²) in [6.45, 7) is 2.68. The summed E-state index contributed by atoms with van der Waals surface area (Å²) in [5, 5.41) is 7.06. The van der Waals surface area contributed by atoms with Crippen molar-refractivity contribution >= 4 is 5.91 Å². The third-order valence-corrected chi connectivity index (χ3v) is 3.91. The van der Waals surface area contributed by atoms with E-state index in [0.717, 1.165) is 30.5 Å². The van der Waals surface area contributed by atoms with Gasteiger partial charge in [0.15, 0.2) is 0 Å². The van der Waals surface area contributed by atoms with Gasteiger partial charge in [-0.2, -0.15) is 5.10 Å². The van der Waals surface area contributed by atoms with Gasteiger partial charge in [-0.05, 0) is 37.8 Å². The molecule has 3 heterocycles. The molecule has 0 spiro atoms. The molecule has 1 amide bonds. The summed E-state index contributed by atoms with van der Waals surface area (Å²) in [7, 11) is 0. The molecule has 0 aliphatic carbocycles. The SMILES string of the molecule is Cc1cn[nH]c1[C@H]1CCCCN1C(=O)c1ccc(=O)oc1. The van der Waals surface area contributed by atoms with E-state index in [-0.39, 0.29) is 11.9 Å². The molecule has 2 aromatic heterocycles. The van der Waals surface area contributed by atoms with E-state index in [2.05, 4.69) is 10.2 Å². The van der Waals surface area contributed by atoms with E-state index in [4.69, 9.17) is 4.42 Å². The van der Waals surface area contributed by atoms with Crippen molar-refractivity contribution in [1.82, 2.24) is 15.1 Å². The third kappa shape index (κ3) is 2.61. The molecule has 1 N–H and O–H groups in total. The van der Waals surface area contributed by atoms with E-state index in [9.17, 15) is 9.59 Å². The predicted octanol–water partition coefficient (Wildman–Crippen LogP) is 2.04. The van der Waals surface area contributed by atoms with Crippen LogP contribution in [0.4, 0.5) is 0 Å². The second-order valence-electron chi connectivity index (χ2n) is 5.32. The highest BCUT2D eigenvalue weighted by Gasteiger charge is 2.30. The zero-order chi connectivity index (χ0) is 14.8. The summed E-state index contributed by atoms with van der Waals surface area (Å²) in [4.78, 5) is 25.5. The van der Waals surface area contributed by atoms with Crippen LogP contribution in [0.25, 0.3) is 0 Å². The van der Waals surface area contributed by atoms with Crippen molar-refractivity contribution < 1.29 is 9.21 Å². The summed E-state index contributed by atoms with van der Waals surface area (Å²) in [5.41, 5.74) is 1.99. The molecule has 1 fully saturated rings. The van der Waals surface area contributed by atoms with Crippen molar-refractivity contribution in [3.63, 3.8) is 0 Å². The van der Waals surface area contributed by atoms with Crippen LogP contribution in [0.3, 0.4) is 0 Å². The Hall–Kier alpha value is -2.37. The highest BCUT2D eigenvalue weighted by atomic mass is 16.4. The highest BCUT2D eigenvalue weighted by Crippen LogP contribution is 2.32. The second kappa shape index (κ2) is 5.55. The lowest BCUT2D eigenvalue weighted by atomic mass is 9.96. The van der Waals surface area contributed by atoms with Crippen molar-refractivity contribution in [2.75, 3.05) is 6.54 Å². The Morgan fingerprint density at radius 2 is 2.29 bits per heavy atom. The van der Waals surface area contributed by atoms with Gasteiger partial charge in [0.2, 0.25) is 0 Å². The maximum absolute atomic E-state index is 12.7. The lowest BCUT2D eigenvalue weighted by Crippen LogP contribution is -2.39. The molecule has 1 aliphatic rings. The first-order valence-corrected chi connectivity index (χ1v) is 7.06. The van der Waals surface area contributed by atoms with Gasteiger partial charge in [-0.1, -0.05) is 0 Å². The number of carbonyl (C=O) groups excluding carboxylic acids is 1. The summed E-state index contributed by atoms with van der Waals surface area (Å²) in [6.07, 6.45) is 5.97. The first-order chi connectivity index (χ1) is 10.2. The fourth-order valence-electron chi connectivity index (χ4n) is 2.81. The molecule has 110 valence electrons. The van der Waals surface area contributed by atoms with Crippen molar-refractivity contribution in [2.45, 2.75) is 32.2 Å². The molecule has 0 unspecified atom stereocenters. The number of aromatic nitrogens is 2.